The highest BCUT2D eigenvalue weighted by molar-refractivity contribution is 5.89. The first-order chi connectivity index (χ1) is 7.83. The van der Waals surface area contributed by atoms with Crippen LogP contribution in [0.25, 0.3) is 0 Å². The van der Waals surface area contributed by atoms with Crippen LogP contribution in [0.15, 0.2) is 24.3 Å². The van der Waals surface area contributed by atoms with E-state index >= 15 is 0 Å². The minimum absolute atomic E-state index is 0.0531. The molecule has 0 spiro atoms. The number of nitrogens with zero attached hydrogens (tertiary/aromatic N) is 1. The maximum absolute atomic E-state index is 11.7. The van der Waals surface area contributed by atoms with Crippen LogP contribution in [-0.4, -0.2) is 31.0 Å². The normalized spacial score (nSPS) is 14.4. The molecule has 0 aromatic heterocycles. The number of carbonyl (C=O) groups excluding carboxylic acids is 1. The molecular formula is C12H15NO3. The van der Waals surface area contributed by atoms with E-state index in [0.717, 1.165) is 18.5 Å². The molecule has 0 bridgehead atoms. The molecule has 4 heteroatoms. The van der Waals surface area contributed by atoms with Crippen molar-refractivity contribution in [2.24, 2.45) is 0 Å². The van der Waals surface area contributed by atoms with Gasteiger partial charge in [0.25, 0.3) is 0 Å². The third kappa shape index (κ3) is 2.17. The van der Waals surface area contributed by atoms with Crippen LogP contribution in [0, 0.1) is 0 Å². The number of fused-ring (bicyclic) bond motifs is 1. The second kappa shape index (κ2) is 4.99. The average Bonchev–Trinajstić information content (AvgIpc) is 2.35. The van der Waals surface area contributed by atoms with E-state index < -0.39 is 0 Å². The van der Waals surface area contributed by atoms with Crippen LogP contribution in [0.5, 0.6) is 0 Å². The van der Waals surface area contributed by atoms with Gasteiger partial charge >= 0.3 is 6.09 Å². The van der Waals surface area contributed by atoms with Gasteiger partial charge in [0.2, 0.25) is 0 Å². The highest BCUT2D eigenvalue weighted by Gasteiger charge is 2.22. The molecule has 86 valence electrons. The average molecular weight is 221 g/mol. The molecule has 0 aliphatic carbocycles. The number of carbonyl (C=O) groups is 1. The number of hydrogen-bond acceptors (Lipinski definition) is 3. The maximum Gasteiger partial charge on any atom is 0.414 e. The summed E-state index contributed by atoms with van der Waals surface area (Å²) in [6, 6.07) is 7.84. The lowest BCUT2D eigenvalue weighted by Crippen LogP contribution is -2.36. The van der Waals surface area contributed by atoms with Gasteiger partial charge in [-0.3, -0.25) is 4.90 Å². The van der Waals surface area contributed by atoms with Crippen LogP contribution in [0.4, 0.5) is 10.5 Å². The Bertz CT molecular complexity index is 378. The number of benzene rings is 1. The van der Waals surface area contributed by atoms with E-state index in [0.29, 0.717) is 6.54 Å². The van der Waals surface area contributed by atoms with Gasteiger partial charge < -0.3 is 9.84 Å². The van der Waals surface area contributed by atoms with Crippen LogP contribution in [0.2, 0.25) is 0 Å². The van der Waals surface area contributed by atoms with Crippen LogP contribution < -0.4 is 4.90 Å². The Labute approximate surface area is 94.4 Å². The summed E-state index contributed by atoms with van der Waals surface area (Å²) in [5, 5.41) is 8.61. The SMILES string of the molecule is O=C(OCCO)N1CCCc2ccccc21. The second-order valence-corrected chi connectivity index (χ2v) is 3.72. The van der Waals surface area contributed by atoms with Crippen LogP contribution >= 0.6 is 0 Å². The van der Waals surface area contributed by atoms with E-state index in [1.54, 1.807) is 4.90 Å². The number of aliphatic hydroxyl groups excluding tert-OH is 1. The Hall–Kier alpha value is -1.55. The van der Waals surface area contributed by atoms with Crippen molar-refractivity contribution < 1.29 is 14.6 Å². The van der Waals surface area contributed by atoms with Crippen molar-refractivity contribution in [2.75, 3.05) is 24.7 Å². The quantitative estimate of drug-likeness (QED) is 0.824. The smallest absolute Gasteiger partial charge is 0.414 e. The Morgan fingerprint density at radius 3 is 3.06 bits per heavy atom. The van der Waals surface area contributed by atoms with Crippen molar-refractivity contribution in [1.82, 2.24) is 0 Å². The minimum Gasteiger partial charge on any atom is -0.447 e. The van der Waals surface area contributed by atoms with Gasteiger partial charge in [-0.2, -0.15) is 0 Å². The number of anilines is 1. The fourth-order valence-corrected chi connectivity index (χ4v) is 1.93. The molecule has 0 radical (unpaired) electrons. The lowest BCUT2D eigenvalue weighted by molar-refractivity contribution is 0.124. The summed E-state index contributed by atoms with van der Waals surface area (Å²) >= 11 is 0. The first kappa shape index (κ1) is 11.0. The molecule has 4 nitrogen and oxygen atoms in total. The summed E-state index contributed by atoms with van der Waals surface area (Å²) in [6.07, 6.45) is 1.58. The van der Waals surface area contributed by atoms with Crippen molar-refractivity contribution in [3.8, 4) is 0 Å². The number of rotatable bonds is 2. The number of aliphatic hydroxyl groups is 1. The third-order valence-electron chi connectivity index (χ3n) is 2.65. The van der Waals surface area contributed by atoms with E-state index in [1.807, 2.05) is 24.3 Å². The highest BCUT2D eigenvalue weighted by atomic mass is 16.6. The molecule has 1 aliphatic rings. The van der Waals surface area contributed by atoms with Gasteiger partial charge in [0.15, 0.2) is 0 Å². The molecule has 0 saturated carbocycles. The van der Waals surface area contributed by atoms with Gasteiger partial charge in [-0.05, 0) is 24.5 Å². The summed E-state index contributed by atoms with van der Waals surface area (Å²) in [4.78, 5) is 13.3. The predicted molar refractivity (Wildman–Crippen MR) is 60.5 cm³/mol. The summed E-state index contributed by atoms with van der Waals surface area (Å²) < 4.78 is 4.92. The van der Waals surface area contributed by atoms with Crippen LogP contribution in [0.3, 0.4) is 0 Å². The summed E-state index contributed by atoms with van der Waals surface area (Å²) in [6.45, 7) is 0.597. The van der Waals surface area contributed by atoms with Gasteiger partial charge in [-0.1, -0.05) is 18.2 Å². The summed E-state index contributed by atoms with van der Waals surface area (Å²) in [5.74, 6) is 0. The molecule has 0 saturated heterocycles. The van der Waals surface area contributed by atoms with Gasteiger partial charge in [0.05, 0.1) is 12.3 Å². The zero-order valence-electron chi connectivity index (χ0n) is 9.06. The number of aryl methyl sites for hydroxylation is 1. The van der Waals surface area contributed by atoms with Crippen molar-refractivity contribution in [3.05, 3.63) is 29.8 Å². The Morgan fingerprint density at radius 1 is 1.44 bits per heavy atom. The summed E-state index contributed by atoms with van der Waals surface area (Å²) in [5.41, 5.74) is 2.10. The fourth-order valence-electron chi connectivity index (χ4n) is 1.93. The fraction of sp³-hybridized carbons (Fsp3) is 0.417. The van der Waals surface area contributed by atoms with Crippen LogP contribution in [0.1, 0.15) is 12.0 Å². The van der Waals surface area contributed by atoms with E-state index in [9.17, 15) is 4.79 Å². The number of ether oxygens (including phenoxy) is 1. The van der Waals surface area contributed by atoms with Crippen molar-refractivity contribution in [3.63, 3.8) is 0 Å². The lowest BCUT2D eigenvalue weighted by Gasteiger charge is -2.28. The number of amides is 1. The minimum atomic E-state index is -0.374. The largest absolute Gasteiger partial charge is 0.447 e. The standard InChI is InChI=1S/C12H15NO3/c14-8-9-16-12(15)13-7-3-5-10-4-1-2-6-11(10)13/h1-2,4,6,14H,3,5,7-9H2. The van der Waals surface area contributed by atoms with E-state index in [-0.39, 0.29) is 19.3 Å². The first-order valence-corrected chi connectivity index (χ1v) is 5.46. The predicted octanol–water partition coefficient (Wildman–Crippen LogP) is 1.57. The highest BCUT2D eigenvalue weighted by Crippen LogP contribution is 2.26. The number of para-hydroxylation sites is 1. The molecule has 1 aromatic rings. The number of hydrogen-bond donors (Lipinski definition) is 1. The molecule has 0 unspecified atom stereocenters. The molecule has 0 atom stereocenters. The third-order valence-corrected chi connectivity index (χ3v) is 2.65. The monoisotopic (exact) mass is 221 g/mol. The van der Waals surface area contributed by atoms with E-state index in [1.165, 1.54) is 5.56 Å². The topological polar surface area (TPSA) is 49.8 Å². The van der Waals surface area contributed by atoms with Crippen molar-refractivity contribution >= 4 is 11.8 Å². The van der Waals surface area contributed by atoms with Crippen molar-refractivity contribution in [2.45, 2.75) is 12.8 Å². The molecule has 0 fully saturated rings. The first-order valence-electron chi connectivity index (χ1n) is 5.46. The van der Waals surface area contributed by atoms with E-state index in [4.69, 9.17) is 9.84 Å². The van der Waals surface area contributed by atoms with Gasteiger partial charge in [0, 0.05) is 6.54 Å². The molecular weight excluding hydrogens is 206 g/mol. The Morgan fingerprint density at radius 2 is 2.25 bits per heavy atom. The van der Waals surface area contributed by atoms with Crippen LogP contribution in [-0.2, 0) is 11.2 Å². The maximum atomic E-state index is 11.7. The second-order valence-electron chi connectivity index (χ2n) is 3.72. The zero-order chi connectivity index (χ0) is 11.4. The Balaban J connectivity index is 2.15. The lowest BCUT2D eigenvalue weighted by atomic mass is 10.0. The van der Waals surface area contributed by atoms with Gasteiger partial charge in [-0.15, -0.1) is 0 Å². The van der Waals surface area contributed by atoms with Gasteiger partial charge in [-0.25, -0.2) is 4.79 Å². The molecule has 1 amide bonds. The molecule has 1 N–H and O–H groups in total. The molecule has 1 aromatic carbocycles. The zero-order valence-corrected chi connectivity index (χ0v) is 9.06. The molecule has 1 aliphatic heterocycles. The molecule has 1 heterocycles. The van der Waals surface area contributed by atoms with E-state index in [2.05, 4.69) is 0 Å². The van der Waals surface area contributed by atoms with Crippen molar-refractivity contribution in [1.29, 1.82) is 0 Å². The summed E-state index contributed by atoms with van der Waals surface area (Å²) in [7, 11) is 0. The molecule has 2 rings (SSSR count). The van der Waals surface area contributed by atoms with Gasteiger partial charge in [0.1, 0.15) is 6.61 Å². The Kier molecular flexibility index (Phi) is 3.41. The molecule has 16 heavy (non-hydrogen) atoms.